The maximum absolute atomic E-state index is 12.3. The molecule has 1 aliphatic rings. The highest BCUT2D eigenvalue weighted by Crippen LogP contribution is 2.23. The fourth-order valence-electron chi connectivity index (χ4n) is 2.67. The molecule has 106 valence electrons. The molecule has 0 amide bonds. The zero-order valence-corrected chi connectivity index (χ0v) is 12.8. The third-order valence-electron chi connectivity index (χ3n) is 3.86. The van der Waals surface area contributed by atoms with E-state index in [2.05, 4.69) is 4.90 Å². The molecule has 0 bridgehead atoms. The summed E-state index contributed by atoms with van der Waals surface area (Å²) in [5.74, 6) is 0.211. The van der Waals surface area contributed by atoms with Crippen molar-refractivity contribution >= 4 is 17.1 Å². The molecule has 0 aromatic carbocycles. The summed E-state index contributed by atoms with van der Waals surface area (Å²) in [5, 5.41) is 10.1. The fraction of sp³-hybridized carbons (Fsp3) is 0.667. The van der Waals surface area contributed by atoms with E-state index in [9.17, 15) is 9.90 Å². The van der Waals surface area contributed by atoms with Crippen molar-refractivity contribution in [3.8, 4) is 0 Å². The number of Topliss-reactive ketones (excluding diaryl/α,β-unsaturated/α-hetero) is 1. The van der Waals surface area contributed by atoms with Crippen molar-refractivity contribution in [1.82, 2.24) is 4.90 Å². The first-order valence-electron chi connectivity index (χ1n) is 6.92. The van der Waals surface area contributed by atoms with Crippen LogP contribution in [0.15, 0.2) is 6.07 Å². The van der Waals surface area contributed by atoms with Crippen molar-refractivity contribution in [2.75, 3.05) is 19.6 Å². The lowest BCUT2D eigenvalue weighted by Crippen LogP contribution is -2.32. The molecule has 2 rings (SSSR count). The van der Waals surface area contributed by atoms with Crippen molar-refractivity contribution in [2.24, 2.45) is 0 Å². The van der Waals surface area contributed by atoms with Gasteiger partial charge in [-0.15, -0.1) is 11.3 Å². The molecule has 2 heterocycles. The van der Waals surface area contributed by atoms with Crippen LogP contribution in [-0.4, -0.2) is 41.0 Å². The smallest absolute Gasteiger partial charge is 0.177 e. The van der Waals surface area contributed by atoms with Crippen molar-refractivity contribution < 1.29 is 9.90 Å². The van der Waals surface area contributed by atoms with Crippen LogP contribution in [0.1, 0.15) is 46.3 Å². The molecule has 4 heteroatoms. The summed E-state index contributed by atoms with van der Waals surface area (Å²) in [6.07, 6.45) is 2.54. The quantitative estimate of drug-likeness (QED) is 0.866. The Morgan fingerprint density at radius 1 is 1.42 bits per heavy atom. The van der Waals surface area contributed by atoms with Gasteiger partial charge in [0.15, 0.2) is 5.78 Å². The zero-order chi connectivity index (χ0) is 14.0. The molecule has 1 aliphatic heterocycles. The molecule has 0 aliphatic carbocycles. The summed E-state index contributed by atoms with van der Waals surface area (Å²) in [5.41, 5.74) is 0.311. The molecule has 1 saturated heterocycles. The first-order chi connectivity index (χ1) is 8.87. The molecule has 1 atom stereocenters. The number of ketones is 1. The number of carbonyl (C=O) groups excluding carboxylic acids is 1. The van der Waals surface area contributed by atoms with E-state index in [1.54, 1.807) is 11.3 Å². The Bertz CT molecular complexity index is 465. The predicted molar refractivity (Wildman–Crippen MR) is 79.0 cm³/mol. The molecule has 19 heavy (non-hydrogen) atoms. The van der Waals surface area contributed by atoms with E-state index in [4.69, 9.17) is 0 Å². The number of likely N-dealkylation sites (tertiary alicyclic amines) is 1. The van der Waals surface area contributed by atoms with Gasteiger partial charge in [0.05, 0.1) is 12.1 Å². The van der Waals surface area contributed by atoms with Crippen molar-refractivity contribution in [3.63, 3.8) is 0 Å². The highest BCUT2D eigenvalue weighted by molar-refractivity contribution is 7.12. The van der Waals surface area contributed by atoms with E-state index in [1.165, 1.54) is 4.88 Å². The van der Waals surface area contributed by atoms with E-state index in [-0.39, 0.29) is 5.78 Å². The van der Waals surface area contributed by atoms with Crippen LogP contribution in [0.2, 0.25) is 0 Å². The van der Waals surface area contributed by atoms with E-state index >= 15 is 0 Å². The summed E-state index contributed by atoms with van der Waals surface area (Å²) in [4.78, 5) is 16.8. The first kappa shape index (κ1) is 14.7. The Hall–Kier alpha value is -0.710. The van der Waals surface area contributed by atoms with Crippen molar-refractivity contribution in [1.29, 1.82) is 0 Å². The molecule has 0 radical (unpaired) electrons. The number of thiophene rings is 1. The van der Waals surface area contributed by atoms with Gasteiger partial charge >= 0.3 is 0 Å². The molecule has 1 aromatic heterocycles. The summed E-state index contributed by atoms with van der Waals surface area (Å²) < 4.78 is 0. The van der Waals surface area contributed by atoms with E-state index < -0.39 is 5.60 Å². The van der Waals surface area contributed by atoms with Gasteiger partial charge in [0.25, 0.3) is 0 Å². The second kappa shape index (κ2) is 5.73. The Kier molecular flexibility index (Phi) is 4.43. The summed E-state index contributed by atoms with van der Waals surface area (Å²) >= 11 is 1.68. The second-order valence-corrected chi connectivity index (χ2v) is 7.34. The SMILES string of the molecule is Cc1cc(C(=O)CN2CCCC(C)(O)CC2)c(C)s1. The Labute approximate surface area is 119 Å². The topological polar surface area (TPSA) is 40.5 Å². The fourth-order valence-corrected chi connectivity index (χ4v) is 3.62. The molecule has 1 fully saturated rings. The third-order valence-corrected chi connectivity index (χ3v) is 4.83. The number of rotatable bonds is 3. The predicted octanol–water partition coefficient (Wildman–Crippen LogP) is 2.78. The zero-order valence-electron chi connectivity index (χ0n) is 12.0. The molecular weight excluding hydrogens is 258 g/mol. The largest absolute Gasteiger partial charge is 0.390 e. The highest BCUT2D eigenvalue weighted by atomic mass is 32.1. The van der Waals surface area contributed by atoms with Crippen molar-refractivity contribution in [3.05, 3.63) is 21.4 Å². The van der Waals surface area contributed by atoms with Crippen LogP contribution in [-0.2, 0) is 0 Å². The molecular formula is C15H23NO2S. The van der Waals surface area contributed by atoms with Crippen LogP contribution < -0.4 is 0 Å². The van der Waals surface area contributed by atoms with Gasteiger partial charge in [-0.3, -0.25) is 9.69 Å². The minimum absolute atomic E-state index is 0.211. The standard InChI is InChI=1S/C15H23NO2S/c1-11-9-13(12(2)19-11)14(17)10-16-7-4-5-15(3,18)6-8-16/h9,18H,4-8,10H2,1-3H3. The van der Waals surface area contributed by atoms with Gasteiger partial charge in [-0.05, 0) is 52.6 Å². The second-order valence-electron chi connectivity index (χ2n) is 5.88. The number of nitrogens with zero attached hydrogens (tertiary/aromatic N) is 1. The number of carbonyl (C=O) groups is 1. The van der Waals surface area contributed by atoms with Gasteiger partial charge < -0.3 is 5.11 Å². The van der Waals surface area contributed by atoms with Crippen LogP contribution >= 0.6 is 11.3 Å². The molecule has 1 aromatic rings. The van der Waals surface area contributed by atoms with Crippen molar-refractivity contribution in [2.45, 2.75) is 45.6 Å². The van der Waals surface area contributed by atoms with Crippen LogP contribution in [0.3, 0.4) is 0 Å². The lowest BCUT2D eigenvalue weighted by molar-refractivity contribution is 0.0444. The van der Waals surface area contributed by atoms with Gasteiger partial charge in [-0.1, -0.05) is 0 Å². The number of hydrogen-bond acceptors (Lipinski definition) is 4. The Morgan fingerprint density at radius 3 is 2.79 bits per heavy atom. The van der Waals surface area contributed by atoms with Gasteiger partial charge in [-0.25, -0.2) is 0 Å². The third kappa shape index (κ3) is 3.88. The minimum Gasteiger partial charge on any atom is -0.390 e. The molecule has 0 saturated carbocycles. The molecule has 3 nitrogen and oxygen atoms in total. The van der Waals surface area contributed by atoms with Gasteiger partial charge in [0, 0.05) is 21.9 Å². The Morgan fingerprint density at radius 2 is 2.16 bits per heavy atom. The van der Waals surface area contributed by atoms with Gasteiger partial charge in [0.1, 0.15) is 0 Å². The van der Waals surface area contributed by atoms with E-state index in [0.29, 0.717) is 6.54 Å². The highest BCUT2D eigenvalue weighted by Gasteiger charge is 2.26. The van der Waals surface area contributed by atoms with Crippen LogP contribution in [0.25, 0.3) is 0 Å². The van der Waals surface area contributed by atoms with E-state index in [0.717, 1.165) is 42.8 Å². The minimum atomic E-state index is -0.563. The number of aryl methyl sites for hydroxylation is 2. The average molecular weight is 281 g/mol. The molecule has 1 unspecified atom stereocenters. The van der Waals surface area contributed by atoms with Crippen LogP contribution in [0.5, 0.6) is 0 Å². The van der Waals surface area contributed by atoms with Gasteiger partial charge in [0.2, 0.25) is 0 Å². The summed E-state index contributed by atoms with van der Waals surface area (Å²) in [6, 6.07) is 2.00. The van der Waals surface area contributed by atoms with Gasteiger partial charge in [-0.2, -0.15) is 0 Å². The number of aliphatic hydroxyl groups is 1. The van der Waals surface area contributed by atoms with Crippen LogP contribution in [0, 0.1) is 13.8 Å². The first-order valence-corrected chi connectivity index (χ1v) is 7.74. The molecule has 1 N–H and O–H groups in total. The summed E-state index contributed by atoms with van der Waals surface area (Å²) in [6.45, 7) is 8.14. The average Bonchev–Trinajstić information content (AvgIpc) is 2.55. The molecule has 0 spiro atoms. The monoisotopic (exact) mass is 281 g/mol. The van der Waals surface area contributed by atoms with E-state index in [1.807, 2.05) is 26.8 Å². The maximum atomic E-state index is 12.3. The lowest BCUT2D eigenvalue weighted by Gasteiger charge is -2.21. The summed E-state index contributed by atoms with van der Waals surface area (Å²) in [7, 11) is 0. The maximum Gasteiger partial charge on any atom is 0.177 e. The lowest BCUT2D eigenvalue weighted by atomic mass is 9.98. The number of hydrogen-bond donors (Lipinski definition) is 1. The van der Waals surface area contributed by atoms with Crippen LogP contribution in [0.4, 0.5) is 0 Å². The Balaban J connectivity index is 1.97. The normalized spacial score (nSPS) is 25.3.